The first-order chi connectivity index (χ1) is 12.9. The van der Waals surface area contributed by atoms with Crippen LogP contribution < -0.4 is 14.4 Å². The molecule has 5 rings (SSSR count). The van der Waals surface area contributed by atoms with Crippen molar-refractivity contribution in [3.63, 3.8) is 0 Å². The summed E-state index contributed by atoms with van der Waals surface area (Å²) >= 11 is 0. The van der Waals surface area contributed by atoms with E-state index >= 15 is 0 Å². The third-order valence-corrected chi connectivity index (χ3v) is 5.98. The fraction of sp³-hybridized carbons (Fsp3) is 0.476. The first-order valence-corrected chi connectivity index (χ1v) is 9.70. The maximum atomic E-state index is 5.53. The Morgan fingerprint density at radius 3 is 2.65 bits per heavy atom. The van der Waals surface area contributed by atoms with E-state index in [9.17, 15) is 0 Å². The van der Waals surface area contributed by atoms with Crippen LogP contribution in [0, 0.1) is 0 Å². The van der Waals surface area contributed by atoms with Crippen molar-refractivity contribution in [3.05, 3.63) is 48.3 Å². The van der Waals surface area contributed by atoms with Gasteiger partial charge in [-0.2, -0.15) is 0 Å². The van der Waals surface area contributed by atoms with E-state index in [4.69, 9.17) is 9.47 Å². The molecule has 1 aromatic carbocycles. The number of nitrogens with zero attached hydrogens (tertiary/aromatic N) is 3. The van der Waals surface area contributed by atoms with Gasteiger partial charge >= 0.3 is 0 Å². The fourth-order valence-electron chi connectivity index (χ4n) is 4.65. The molecule has 26 heavy (non-hydrogen) atoms. The largest absolute Gasteiger partial charge is 0.454 e. The number of anilines is 1. The van der Waals surface area contributed by atoms with Crippen LogP contribution in [-0.4, -0.2) is 42.4 Å². The second-order valence-corrected chi connectivity index (χ2v) is 7.41. The quantitative estimate of drug-likeness (QED) is 0.844. The number of benzene rings is 1. The van der Waals surface area contributed by atoms with Crippen molar-refractivity contribution < 1.29 is 9.47 Å². The normalized spacial score (nSPS) is 23.5. The Kier molecular flexibility index (Phi) is 4.17. The molecule has 2 fully saturated rings. The summed E-state index contributed by atoms with van der Waals surface area (Å²) in [4.78, 5) is 9.81. The van der Waals surface area contributed by atoms with Crippen LogP contribution in [0.4, 0.5) is 5.69 Å². The van der Waals surface area contributed by atoms with Crippen LogP contribution in [0.3, 0.4) is 0 Å². The van der Waals surface area contributed by atoms with Gasteiger partial charge in [0, 0.05) is 37.1 Å². The molecule has 0 unspecified atom stereocenters. The Morgan fingerprint density at radius 2 is 1.81 bits per heavy atom. The minimum absolute atomic E-state index is 0.338. The van der Waals surface area contributed by atoms with Crippen LogP contribution in [0.1, 0.15) is 37.4 Å². The number of fused-ring (bicyclic) bond motifs is 1. The van der Waals surface area contributed by atoms with Crippen molar-refractivity contribution in [2.45, 2.75) is 37.8 Å². The maximum absolute atomic E-state index is 5.53. The predicted octanol–water partition coefficient (Wildman–Crippen LogP) is 3.62. The Balaban J connectivity index is 1.25. The Labute approximate surface area is 154 Å². The molecule has 4 heterocycles. The van der Waals surface area contributed by atoms with Gasteiger partial charge in [-0.05, 0) is 56.5 Å². The van der Waals surface area contributed by atoms with E-state index in [1.54, 1.807) is 0 Å². The highest BCUT2D eigenvalue weighted by atomic mass is 16.7. The van der Waals surface area contributed by atoms with Crippen molar-refractivity contribution in [2.24, 2.45) is 0 Å². The minimum Gasteiger partial charge on any atom is -0.454 e. The van der Waals surface area contributed by atoms with Gasteiger partial charge in [-0.3, -0.25) is 9.88 Å². The average molecular weight is 351 g/mol. The zero-order valence-electron chi connectivity index (χ0n) is 15.0. The molecule has 0 bridgehead atoms. The number of hydrogen-bond acceptors (Lipinski definition) is 5. The first-order valence-electron chi connectivity index (χ1n) is 9.70. The molecule has 3 aliphatic rings. The van der Waals surface area contributed by atoms with Crippen molar-refractivity contribution >= 4 is 5.69 Å². The van der Waals surface area contributed by atoms with Gasteiger partial charge in [0.25, 0.3) is 0 Å². The molecule has 1 atom stereocenters. The van der Waals surface area contributed by atoms with E-state index in [1.165, 1.54) is 43.6 Å². The zero-order chi connectivity index (χ0) is 17.3. The van der Waals surface area contributed by atoms with E-state index in [-0.39, 0.29) is 0 Å². The van der Waals surface area contributed by atoms with Gasteiger partial charge in [0.2, 0.25) is 6.79 Å². The molecule has 5 nitrogen and oxygen atoms in total. The molecule has 0 spiro atoms. The number of hydrogen-bond donors (Lipinski definition) is 0. The first kappa shape index (κ1) is 15.9. The smallest absolute Gasteiger partial charge is 0.231 e. The molecular weight excluding hydrogens is 326 g/mol. The third-order valence-electron chi connectivity index (χ3n) is 5.98. The maximum Gasteiger partial charge on any atom is 0.231 e. The zero-order valence-corrected chi connectivity index (χ0v) is 15.0. The van der Waals surface area contributed by atoms with Crippen LogP contribution in [0.25, 0.3) is 0 Å². The van der Waals surface area contributed by atoms with Crippen LogP contribution in [-0.2, 0) is 0 Å². The number of aromatic nitrogens is 1. The summed E-state index contributed by atoms with van der Waals surface area (Å²) in [6, 6.07) is 13.8. The summed E-state index contributed by atoms with van der Waals surface area (Å²) in [6.07, 6.45) is 6.85. The average Bonchev–Trinajstić information content (AvgIpc) is 3.37. The molecule has 5 heteroatoms. The summed E-state index contributed by atoms with van der Waals surface area (Å²) in [5, 5.41) is 0. The Bertz CT molecular complexity index is 759. The summed E-state index contributed by atoms with van der Waals surface area (Å²) in [5.74, 6) is 1.73. The van der Waals surface area contributed by atoms with E-state index in [1.807, 2.05) is 18.3 Å². The second kappa shape index (κ2) is 6.80. The van der Waals surface area contributed by atoms with Crippen LogP contribution in [0.5, 0.6) is 11.5 Å². The molecule has 1 aromatic heterocycles. The van der Waals surface area contributed by atoms with Gasteiger partial charge < -0.3 is 14.4 Å². The summed E-state index contributed by atoms with van der Waals surface area (Å²) in [7, 11) is 0. The van der Waals surface area contributed by atoms with Crippen molar-refractivity contribution in [3.8, 4) is 11.5 Å². The number of likely N-dealkylation sites (tertiary alicyclic amines) is 1. The van der Waals surface area contributed by atoms with Crippen molar-refractivity contribution in [2.75, 3.05) is 31.3 Å². The molecule has 0 radical (unpaired) electrons. The molecule has 0 saturated carbocycles. The predicted molar refractivity (Wildman–Crippen MR) is 101 cm³/mol. The summed E-state index contributed by atoms with van der Waals surface area (Å²) in [6.45, 7) is 3.73. The monoisotopic (exact) mass is 351 g/mol. The molecule has 0 N–H and O–H groups in total. The topological polar surface area (TPSA) is 37.8 Å². The molecule has 3 aliphatic heterocycles. The van der Waals surface area contributed by atoms with E-state index < -0.39 is 0 Å². The van der Waals surface area contributed by atoms with Gasteiger partial charge in [-0.15, -0.1) is 0 Å². The lowest BCUT2D eigenvalue weighted by Gasteiger charge is -2.40. The molecule has 2 saturated heterocycles. The van der Waals surface area contributed by atoms with Gasteiger partial charge in [-0.25, -0.2) is 0 Å². The van der Waals surface area contributed by atoms with Gasteiger partial charge in [0.1, 0.15) is 0 Å². The third kappa shape index (κ3) is 2.90. The summed E-state index contributed by atoms with van der Waals surface area (Å²) in [5.41, 5.74) is 2.48. The highest BCUT2D eigenvalue weighted by molar-refractivity contribution is 5.57. The molecule has 0 aliphatic carbocycles. The van der Waals surface area contributed by atoms with Gasteiger partial charge in [-0.1, -0.05) is 6.07 Å². The van der Waals surface area contributed by atoms with Crippen molar-refractivity contribution in [1.82, 2.24) is 9.88 Å². The van der Waals surface area contributed by atoms with E-state index in [0.717, 1.165) is 24.6 Å². The highest BCUT2D eigenvalue weighted by Crippen LogP contribution is 2.38. The van der Waals surface area contributed by atoms with Crippen molar-refractivity contribution in [1.29, 1.82) is 0 Å². The number of piperidine rings is 1. The lowest BCUT2D eigenvalue weighted by molar-refractivity contribution is 0.152. The summed E-state index contributed by atoms with van der Waals surface area (Å²) < 4.78 is 11.0. The minimum atomic E-state index is 0.338. The van der Waals surface area contributed by atoms with Gasteiger partial charge in [0.15, 0.2) is 11.5 Å². The van der Waals surface area contributed by atoms with Gasteiger partial charge in [0.05, 0.1) is 11.7 Å². The number of rotatable bonds is 3. The fourth-order valence-corrected chi connectivity index (χ4v) is 4.65. The molecule has 136 valence electrons. The lowest BCUT2D eigenvalue weighted by Crippen LogP contribution is -2.44. The molecule has 0 amide bonds. The SMILES string of the molecule is c1ccc([C@@H]2CCCN2C2CCN(c3ccc4c(c3)OCO4)CC2)nc1. The van der Waals surface area contributed by atoms with Crippen LogP contribution >= 0.6 is 0 Å². The van der Waals surface area contributed by atoms with Crippen LogP contribution in [0.15, 0.2) is 42.6 Å². The van der Waals surface area contributed by atoms with E-state index in [0.29, 0.717) is 18.9 Å². The second-order valence-electron chi connectivity index (χ2n) is 7.41. The number of pyridine rings is 1. The Morgan fingerprint density at radius 1 is 0.923 bits per heavy atom. The molecule has 2 aromatic rings. The van der Waals surface area contributed by atoms with Crippen LogP contribution in [0.2, 0.25) is 0 Å². The molecular formula is C21H25N3O2. The lowest BCUT2D eigenvalue weighted by atomic mass is 10.0. The standard InChI is InChI=1S/C21H25N3O2/c1-2-10-22-18(4-1)19-5-3-11-24(19)16-8-12-23(13-9-16)17-6-7-20-21(14-17)26-15-25-20/h1-2,4,6-7,10,14,16,19H,3,5,8-9,11-13,15H2/t19-/m0/s1. The number of ether oxygens (including phenoxy) is 2. The van der Waals surface area contributed by atoms with E-state index in [2.05, 4.69) is 39.0 Å². The highest BCUT2D eigenvalue weighted by Gasteiger charge is 2.34. The Hall–Kier alpha value is -2.27.